The summed E-state index contributed by atoms with van der Waals surface area (Å²) in [4.78, 5) is 24.1. The smallest absolute Gasteiger partial charge is 0.225 e. The number of anilines is 1. The van der Waals surface area contributed by atoms with Crippen molar-refractivity contribution in [3.63, 3.8) is 0 Å². The first-order chi connectivity index (χ1) is 8.70. The van der Waals surface area contributed by atoms with Crippen LogP contribution < -0.4 is 10.6 Å². The summed E-state index contributed by atoms with van der Waals surface area (Å²) >= 11 is 3.31. The summed E-state index contributed by atoms with van der Waals surface area (Å²) in [6, 6.07) is 0. The Bertz CT molecular complexity index is 402. The van der Waals surface area contributed by atoms with Gasteiger partial charge in [-0.3, -0.25) is 4.79 Å². The number of hydrogen-bond donors (Lipinski definition) is 1. The molecule has 2 rings (SSSR count). The van der Waals surface area contributed by atoms with Gasteiger partial charge in [-0.25, -0.2) is 9.97 Å². The van der Waals surface area contributed by atoms with Crippen LogP contribution in [0.5, 0.6) is 0 Å². The quantitative estimate of drug-likeness (QED) is 0.865. The van der Waals surface area contributed by atoms with Gasteiger partial charge in [0.2, 0.25) is 11.9 Å². The molecule has 6 nitrogen and oxygen atoms in total. The molecule has 0 bridgehead atoms. The van der Waals surface area contributed by atoms with Gasteiger partial charge in [0.05, 0.1) is 4.47 Å². The van der Waals surface area contributed by atoms with Crippen LogP contribution in [0.25, 0.3) is 0 Å². The van der Waals surface area contributed by atoms with E-state index in [1.54, 1.807) is 12.4 Å². The number of nitrogens with zero attached hydrogens (tertiary/aromatic N) is 4. The number of carbonyl (C=O) groups is 1. The summed E-state index contributed by atoms with van der Waals surface area (Å²) in [5.41, 5.74) is 5.39. The third-order valence-corrected chi connectivity index (χ3v) is 3.29. The second kappa shape index (κ2) is 6.10. The molecule has 0 saturated carbocycles. The van der Waals surface area contributed by atoms with Gasteiger partial charge in [-0.2, -0.15) is 0 Å². The zero-order valence-corrected chi connectivity index (χ0v) is 11.6. The number of halogens is 1. The lowest BCUT2D eigenvalue weighted by atomic mass is 10.3. The van der Waals surface area contributed by atoms with Crippen molar-refractivity contribution in [3.05, 3.63) is 16.9 Å². The molecule has 18 heavy (non-hydrogen) atoms. The van der Waals surface area contributed by atoms with Crippen molar-refractivity contribution in [1.29, 1.82) is 0 Å². The van der Waals surface area contributed by atoms with Crippen molar-refractivity contribution < 1.29 is 4.79 Å². The van der Waals surface area contributed by atoms with Gasteiger partial charge in [0.1, 0.15) is 0 Å². The standard InChI is InChI=1S/C11H16BrN5O/c12-9-7-14-11(15-8-9)17-5-3-16(4-6-17)10(18)1-2-13/h7-8H,1-6,13H2. The van der Waals surface area contributed by atoms with E-state index in [0.717, 1.165) is 17.6 Å². The molecule has 1 aromatic rings. The summed E-state index contributed by atoms with van der Waals surface area (Å²) in [6.07, 6.45) is 3.89. The van der Waals surface area contributed by atoms with Crippen LogP contribution in [0.1, 0.15) is 6.42 Å². The number of nitrogens with two attached hydrogens (primary N) is 1. The minimum Gasteiger partial charge on any atom is -0.339 e. The van der Waals surface area contributed by atoms with Crippen molar-refractivity contribution in [1.82, 2.24) is 14.9 Å². The fourth-order valence-electron chi connectivity index (χ4n) is 1.91. The van der Waals surface area contributed by atoms with Crippen molar-refractivity contribution in [2.75, 3.05) is 37.6 Å². The topological polar surface area (TPSA) is 75.4 Å². The maximum absolute atomic E-state index is 11.7. The highest BCUT2D eigenvalue weighted by atomic mass is 79.9. The fraction of sp³-hybridized carbons (Fsp3) is 0.545. The summed E-state index contributed by atoms with van der Waals surface area (Å²) in [7, 11) is 0. The van der Waals surface area contributed by atoms with Crippen molar-refractivity contribution in [2.24, 2.45) is 5.73 Å². The Balaban J connectivity index is 1.90. The Morgan fingerprint density at radius 3 is 2.44 bits per heavy atom. The second-order valence-electron chi connectivity index (χ2n) is 4.11. The first-order valence-electron chi connectivity index (χ1n) is 5.91. The SMILES string of the molecule is NCCC(=O)N1CCN(c2ncc(Br)cn2)CC1. The van der Waals surface area contributed by atoms with Gasteiger partial charge in [0.15, 0.2) is 0 Å². The highest BCUT2D eigenvalue weighted by molar-refractivity contribution is 9.10. The molecule has 1 aromatic heterocycles. The Kier molecular flexibility index (Phi) is 4.48. The third kappa shape index (κ3) is 3.17. The van der Waals surface area contributed by atoms with E-state index in [-0.39, 0.29) is 5.91 Å². The predicted octanol–water partition coefficient (Wildman–Crippen LogP) is 0.237. The lowest BCUT2D eigenvalue weighted by Gasteiger charge is -2.34. The molecule has 1 fully saturated rings. The predicted molar refractivity (Wildman–Crippen MR) is 72.2 cm³/mol. The molecular weight excluding hydrogens is 298 g/mol. The highest BCUT2D eigenvalue weighted by Crippen LogP contribution is 2.13. The van der Waals surface area contributed by atoms with Gasteiger partial charge in [-0.1, -0.05) is 0 Å². The van der Waals surface area contributed by atoms with E-state index in [9.17, 15) is 4.79 Å². The Hall–Kier alpha value is -1.21. The van der Waals surface area contributed by atoms with Crippen LogP contribution in [-0.2, 0) is 4.79 Å². The number of hydrogen-bond acceptors (Lipinski definition) is 5. The van der Waals surface area contributed by atoms with E-state index in [1.165, 1.54) is 0 Å². The van der Waals surface area contributed by atoms with Gasteiger partial charge < -0.3 is 15.5 Å². The van der Waals surface area contributed by atoms with Crippen LogP contribution in [0.4, 0.5) is 5.95 Å². The summed E-state index contributed by atoms with van der Waals surface area (Å²) < 4.78 is 0.864. The Morgan fingerprint density at radius 1 is 1.28 bits per heavy atom. The van der Waals surface area contributed by atoms with Gasteiger partial charge in [-0.15, -0.1) is 0 Å². The lowest BCUT2D eigenvalue weighted by Crippen LogP contribution is -2.49. The number of rotatable bonds is 3. The molecular formula is C11H16BrN5O. The molecule has 98 valence electrons. The number of aromatic nitrogens is 2. The molecule has 2 N–H and O–H groups in total. The monoisotopic (exact) mass is 313 g/mol. The fourth-order valence-corrected chi connectivity index (χ4v) is 2.11. The van der Waals surface area contributed by atoms with Gasteiger partial charge in [0.25, 0.3) is 0 Å². The summed E-state index contributed by atoms with van der Waals surface area (Å²) in [5.74, 6) is 0.845. The number of piperazine rings is 1. The zero-order valence-electron chi connectivity index (χ0n) is 10.0. The average molecular weight is 314 g/mol. The van der Waals surface area contributed by atoms with E-state index in [0.29, 0.717) is 32.0 Å². The van der Waals surface area contributed by atoms with Crippen LogP contribution in [0.2, 0.25) is 0 Å². The lowest BCUT2D eigenvalue weighted by molar-refractivity contribution is -0.131. The molecule has 0 atom stereocenters. The third-order valence-electron chi connectivity index (χ3n) is 2.88. The highest BCUT2D eigenvalue weighted by Gasteiger charge is 2.21. The maximum atomic E-state index is 11.7. The molecule has 1 aliphatic rings. The molecule has 0 unspecified atom stereocenters. The van der Waals surface area contributed by atoms with E-state index >= 15 is 0 Å². The minimum absolute atomic E-state index is 0.133. The summed E-state index contributed by atoms with van der Waals surface area (Å²) in [5, 5.41) is 0. The number of amides is 1. The van der Waals surface area contributed by atoms with E-state index < -0.39 is 0 Å². The molecule has 0 radical (unpaired) electrons. The minimum atomic E-state index is 0.133. The van der Waals surface area contributed by atoms with Gasteiger partial charge >= 0.3 is 0 Å². The zero-order chi connectivity index (χ0) is 13.0. The van der Waals surface area contributed by atoms with E-state index in [4.69, 9.17) is 5.73 Å². The molecule has 1 aliphatic heterocycles. The molecule has 0 aromatic carbocycles. The first-order valence-corrected chi connectivity index (χ1v) is 6.70. The van der Waals surface area contributed by atoms with Crippen LogP contribution in [0.3, 0.4) is 0 Å². The van der Waals surface area contributed by atoms with E-state index in [1.807, 2.05) is 4.90 Å². The summed E-state index contributed by atoms with van der Waals surface area (Å²) in [6.45, 7) is 3.35. The average Bonchev–Trinajstić information content (AvgIpc) is 2.40. The molecule has 7 heteroatoms. The maximum Gasteiger partial charge on any atom is 0.225 e. The van der Waals surface area contributed by atoms with Crippen LogP contribution in [0, 0.1) is 0 Å². The molecule has 0 aliphatic carbocycles. The van der Waals surface area contributed by atoms with Crippen LogP contribution >= 0.6 is 15.9 Å². The van der Waals surface area contributed by atoms with Crippen LogP contribution in [0.15, 0.2) is 16.9 Å². The van der Waals surface area contributed by atoms with E-state index in [2.05, 4.69) is 30.8 Å². The Labute approximate surface area is 114 Å². The Morgan fingerprint density at radius 2 is 1.89 bits per heavy atom. The van der Waals surface area contributed by atoms with Crippen molar-refractivity contribution in [2.45, 2.75) is 6.42 Å². The molecule has 0 spiro atoms. The molecule has 1 amide bonds. The normalized spacial score (nSPS) is 15.9. The van der Waals surface area contributed by atoms with Gasteiger partial charge in [-0.05, 0) is 15.9 Å². The largest absolute Gasteiger partial charge is 0.339 e. The number of carbonyl (C=O) groups excluding carboxylic acids is 1. The van der Waals surface area contributed by atoms with Crippen LogP contribution in [-0.4, -0.2) is 53.5 Å². The van der Waals surface area contributed by atoms with Crippen molar-refractivity contribution >= 4 is 27.8 Å². The molecule has 1 saturated heterocycles. The van der Waals surface area contributed by atoms with Crippen molar-refractivity contribution in [3.8, 4) is 0 Å². The molecule has 2 heterocycles. The first kappa shape index (κ1) is 13.2. The van der Waals surface area contributed by atoms with Gasteiger partial charge in [0, 0.05) is 51.5 Å². The second-order valence-corrected chi connectivity index (χ2v) is 5.02.